The molecule has 0 saturated carbocycles. The van der Waals surface area contributed by atoms with E-state index in [9.17, 15) is 0 Å². The molecule has 14 rings (SSSR count). The third-order valence-electron chi connectivity index (χ3n) is 15.1. The van der Waals surface area contributed by atoms with Crippen LogP contribution in [0, 0.1) is 0 Å². The molecule has 0 N–H and O–H groups in total. The molecule has 0 aromatic heterocycles. The molecular weight excluding hydrogens is 771 g/mol. The first-order valence-electron chi connectivity index (χ1n) is 22.5. The first-order chi connectivity index (χ1) is 31.7. The SMILES string of the molecule is CC1(c2ccccc2)c2ccccc2-c2c(N(c3ccc4c5ccccc5c5ccccc5c4c3)c3cccc4c3C3(c5ccccc5-c5ccccc53)c3ccccc3-4)cccc21. The van der Waals surface area contributed by atoms with Gasteiger partial charge in [0.25, 0.3) is 0 Å². The lowest BCUT2D eigenvalue weighted by Gasteiger charge is -2.36. The Morgan fingerprint density at radius 3 is 1.38 bits per heavy atom. The van der Waals surface area contributed by atoms with Crippen molar-refractivity contribution in [2.45, 2.75) is 17.8 Å². The Hall–Kier alpha value is -8.00. The van der Waals surface area contributed by atoms with Gasteiger partial charge in [0.05, 0.1) is 16.8 Å². The lowest BCUT2D eigenvalue weighted by molar-refractivity contribution is 0.714. The predicted octanol–water partition coefficient (Wildman–Crippen LogP) is 16.3. The van der Waals surface area contributed by atoms with E-state index in [1.807, 2.05) is 0 Å². The standard InChI is InChI=1S/C63H41N/c1-62(40-19-3-2-4-20-40)53-30-13-12-28-51(53)60-57(62)34-18-35-58(60)64(41-37-38-46-44-23-6-5-21-42(44)43-22-7-8-24-45(43)52(46)39-41)59-36-17-29-50-49-27-11-16-33-56(49)63(61(50)59)54-31-14-9-25-47(54)48-26-10-15-32-55(48)63/h2-39H,1H3. The molecule has 1 atom stereocenters. The van der Waals surface area contributed by atoms with E-state index < -0.39 is 5.41 Å². The Kier molecular flexibility index (Phi) is 7.24. The van der Waals surface area contributed by atoms with E-state index in [4.69, 9.17) is 0 Å². The third kappa shape index (κ3) is 4.43. The summed E-state index contributed by atoms with van der Waals surface area (Å²) in [5, 5.41) is 7.61. The lowest BCUT2D eigenvalue weighted by atomic mass is 9.70. The molecule has 1 heteroatoms. The predicted molar refractivity (Wildman–Crippen MR) is 267 cm³/mol. The van der Waals surface area contributed by atoms with E-state index in [1.165, 1.54) is 116 Å². The minimum absolute atomic E-state index is 0.354. The lowest BCUT2D eigenvalue weighted by Crippen LogP contribution is -2.28. The largest absolute Gasteiger partial charge is 0.309 e. The molecule has 298 valence electrons. The molecular formula is C63H41N. The fraction of sp³-hybridized carbons (Fsp3) is 0.0476. The van der Waals surface area contributed by atoms with E-state index in [0.29, 0.717) is 0 Å². The topological polar surface area (TPSA) is 3.24 Å². The van der Waals surface area contributed by atoms with Crippen LogP contribution in [-0.2, 0) is 10.8 Å². The molecule has 11 aromatic carbocycles. The van der Waals surface area contributed by atoms with Gasteiger partial charge in [0.1, 0.15) is 0 Å². The van der Waals surface area contributed by atoms with Crippen molar-refractivity contribution in [2.24, 2.45) is 0 Å². The van der Waals surface area contributed by atoms with Crippen LogP contribution < -0.4 is 4.90 Å². The molecule has 0 heterocycles. The first-order valence-corrected chi connectivity index (χ1v) is 22.5. The highest BCUT2D eigenvalue weighted by Gasteiger charge is 2.53. The maximum atomic E-state index is 2.63. The fourth-order valence-corrected chi connectivity index (χ4v) is 12.6. The molecule has 0 fully saturated rings. The first kappa shape index (κ1) is 35.6. The van der Waals surface area contributed by atoms with Crippen LogP contribution in [0.15, 0.2) is 231 Å². The molecule has 11 aromatic rings. The summed E-state index contributed by atoms with van der Waals surface area (Å²) in [6.45, 7) is 2.42. The number of hydrogen-bond donors (Lipinski definition) is 0. The Morgan fingerprint density at radius 1 is 0.312 bits per heavy atom. The van der Waals surface area contributed by atoms with E-state index in [0.717, 1.165) is 5.69 Å². The van der Waals surface area contributed by atoms with Crippen LogP contribution in [-0.4, -0.2) is 0 Å². The van der Waals surface area contributed by atoms with Crippen LogP contribution in [0.1, 0.15) is 45.9 Å². The zero-order valence-electron chi connectivity index (χ0n) is 35.4. The maximum absolute atomic E-state index is 2.63. The minimum atomic E-state index is -0.540. The summed E-state index contributed by atoms with van der Waals surface area (Å²) in [5.41, 5.74) is 19.6. The van der Waals surface area contributed by atoms with Gasteiger partial charge in [-0.05, 0) is 125 Å². The summed E-state index contributed by atoms with van der Waals surface area (Å²) in [7, 11) is 0. The average Bonchev–Trinajstić information content (AvgIpc) is 3.95. The molecule has 0 amide bonds. The van der Waals surface area contributed by atoms with Crippen molar-refractivity contribution in [2.75, 3.05) is 4.90 Å². The van der Waals surface area contributed by atoms with Crippen molar-refractivity contribution in [3.8, 4) is 33.4 Å². The Labute approximate surface area is 373 Å². The highest BCUT2D eigenvalue weighted by molar-refractivity contribution is 6.26. The van der Waals surface area contributed by atoms with E-state index in [2.05, 4.69) is 242 Å². The van der Waals surface area contributed by atoms with Crippen molar-refractivity contribution < 1.29 is 0 Å². The molecule has 1 nitrogen and oxygen atoms in total. The van der Waals surface area contributed by atoms with Gasteiger partial charge < -0.3 is 4.90 Å². The average molecular weight is 812 g/mol. The molecule has 64 heavy (non-hydrogen) atoms. The normalized spacial score (nSPS) is 15.8. The van der Waals surface area contributed by atoms with Gasteiger partial charge in [-0.1, -0.05) is 206 Å². The highest BCUT2D eigenvalue weighted by Crippen LogP contribution is 2.66. The quantitative estimate of drug-likeness (QED) is 0.160. The molecule has 1 unspecified atom stereocenters. The monoisotopic (exact) mass is 811 g/mol. The van der Waals surface area contributed by atoms with Gasteiger partial charge in [-0.25, -0.2) is 0 Å². The Balaban J connectivity index is 1.14. The Bertz CT molecular complexity index is 3670. The van der Waals surface area contributed by atoms with Gasteiger partial charge in [-0.15, -0.1) is 0 Å². The summed E-state index contributed by atoms with van der Waals surface area (Å²) in [5.74, 6) is 0. The van der Waals surface area contributed by atoms with Crippen molar-refractivity contribution in [1.29, 1.82) is 0 Å². The molecule has 0 bridgehead atoms. The molecule has 0 saturated heterocycles. The number of benzene rings is 11. The number of anilines is 3. The zero-order valence-corrected chi connectivity index (χ0v) is 35.4. The number of hydrogen-bond acceptors (Lipinski definition) is 1. The van der Waals surface area contributed by atoms with E-state index in [-0.39, 0.29) is 5.41 Å². The van der Waals surface area contributed by atoms with Crippen LogP contribution in [0.5, 0.6) is 0 Å². The minimum Gasteiger partial charge on any atom is -0.309 e. The Morgan fingerprint density at radius 2 is 0.750 bits per heavy atom. The van der Waals surface area contributed by atoms with Gasteiger partial charge in [-0.2, -0.15) is 0 Å². The molecule has 1 spiro atoms. The summed E-state index contributed by atoms with van der Waals surface area (Å²) in [4.78, 5) is 2.63. The van der Waals surface area contributed by atoms with Crippen molar-refractivity contribution in [3.63, 3.8) is 0 Å². The van der Waals surface area contributed by atoms with E-state index >= 15 is 0 Å². The van der Waals surface area contributed by atoms with Crippen LogP contribution in [0.25, 0.3) is 65.7 Å². The summed E-state index contributed by atoms with van der Waals surface area (Å²) in [6.07, 6.45) is 0. The molecule has 0 radical (unpaired) electrons. The van der Waals surface area contributed by atoms with Crippen LogP contribution in [0.4, 0.5) is 17.1 Å². The van der Waals surface area contributed by atoms with Crippen molar-refractivity contribution in [3.05, 3.63) is 269 Å². The summed E-state index contributed by atoms with van der Waals surface area (Å²) < 4.78 is 0. The van der Waals surface area contributed by atoms with Crippen LogP contribution in [0.3, 0.4) is 0 Å². The number of fused-ring (bicyclic) bond motifs is 19. The van der Waals surface area contributed by atoms with Gasteiger partial charge in [0, 0.05) is 22.2 Å². The third-order valence-corrected chi connectivity index (χ3v) is 15.1. The number of nitrogens with zero attached hydrogens (tertiary/aromatic N) is 1. The van der Waals surface area contributed by atoms with Crippen LogP contribution >= 0.6 is 0 Å². The van der Waals surface area contributed by atoms with Crippen LogP contribution in [0.2, 0.25) is 0 Å². The maximum Gasteiger partial charge on any atom is 0.0746 e. The molecule has 0 aliphatic heterocycles. The van der Waals surface area contributed by atoms with Gasteiger partial charge in [0.2, 0.25) is 0 Å². The van der Waals surface area contributed by atoms with Gasteiger partial charge in [0.15, 0.2) is 0 Å². The zero-order chi connectivity index (χ0) is 42.1. The van der Waals surface area contributed by atoms with Crippen molar-refractivity contribution >= 4 is 49.4 Å². The smallest absolute Gasteiger partial charge is 0.0746 e. The number of rotatable bonds is 4. The summed E-state index contributed by atoms with van der Waals surface area (Å²) >= 11 is 0. The molecule has 3 aliphatic carbocycles. The second-order valence-corrected chi connectivity index (χ2v) is 18.0. The van der Waals surface area contributed by atoms with Gasteiger partial charge in [-0.3, -0.25) is 0 Å². The molecule has 3 aliphatic rings. The fourth-order valence-electron chi connectivity index (χ4n) is 12.6. The summed E-state index contributed by atoms with van der Waals surface area (Å²) in [6, 6.07) is 86.9. The highest BCUT2D eigenvalue weighted by atomic mass is 15.2. The van der Waals surface area contributed by atoms with Crippen molar-refractivity contribution in [1.82, 2.24) is 0 Å². The second kappa shape index (κ2) is 13.0. The second-order valence-electron chi connectivity index (χ2n) is 18.0. The van der Waals surface area contributed by atoms with Gasteiger partial charge >= 0.3 is 0 Å². The van der Waals surface area contributed by atoms with E-state index in [1.54, 1.807) is 0 Å².